The topological polar surface area (TPSA) is 55.1 Å². The Morgan fingerprint density at radius 3 is 2.33 bits per heavy atom. The number of primary amides is 1. The van der Waals surface area contributed by atoms with Gasteiger partial charge in [0.25, 0.3) is 0 Å². The van der Waals surface area contributed by atoms with Crippen molar-refractivity contribution in [3.8, 4) is 11.1 Å². The summed E-state index contributed by atoms with van der Waals surface area (Å²) in [4.78, 5) is 11.4. The predicted molar refractivity (Wildman–Crippen MR) is 110 cm³/mol. The largest absolute Gasteiger partial charge is 0.366 e. The fraction of sp³-hybridized carbons (Fsp3) is 0.174. The Kier molecular flexibility index (Phi) is 4.97. The molecule has 27 heavy (non-hydrogen) atoms. The molecule has 0 spiro atoms. The third-order valence-corrected chi connectivity index (χ3v) is 5.52. The smallest absolute Gasteiger partial charge is 0.248 e. The van der Waals surface area contributed by atoms with Gasteiger partial charge in [0.15, 0.2) is 0 Å². The first kappa shape index (κ1) is 17.8. The van der Waals surface area contributed by atoms with E-state index in [0.717, 1.165) is 41.1 Å². The first-order valence-corrected chi connectivity index (χ1v) is 9.47. The van der Waals surface area contributed by atoms with Crippen molar-refractivity contribution in [2.75, 3.05) is 0 Å². The molecule has 0 aliphatic heterocycles. The highest BCUT2D eigenvalue weighted by atomic mass is 35.5. The highest BCUT2D eigenvalue weighted by molar-refractivity contribution is 6.31. The van der Waals surface area contributed by atoms with Crippen molar-refractivity contribution in [2.45, 2.75) is 25.4 Å². The zero-order chi connectivity index (χ0) is 18.8. The fourth-order valence-corrected chi connectivity index (χ4v) is 3.93. The summed E-state index contributed by atoms with van der Waals surface area (Å²) in [5.41, 5.74) is 11.7. The van der Waals surface area contributed by atoms with Gasteiger partial charge < -0.3 is 11.1 Å². The molecule has 4 rings (SSSR count). The third-order valence-electron chi connectivity index (χ3n) is 5.17. The van der Waals surface area contributed by atoms with Crippen LogP contribution in [0.3, 0.4) is 0 Å². The molecule has 0 aromatic heterocycles. The van der Waals surface area contributed by atoms with Gasteiger partial charge in [0.2, 0.25) is 5.91 Å². The number of hydrogen-bond acceptors (Lipinski definition) is 2. The Hall–Kier alpha value is -2.62. The Morgan fingerprint density at radius 2 is 1.67 bits per heavy atom. The normalized spacial score (nSPS) is 13.5. The van der Waals surface area contributed by atoms with E-state index in [-0.39, 0.29) is 0 Å². The van der Waals surface area contributed by atoms with Crippen LogP contribution >= 0.6 is 11.6 Å². The van der Waals surface area contributed by atoms with Crippen molar-refractivity contribution >= 4 is 17.5 Å². The van der Waals surface area contributed by atoms with Gasteiger partial charge in [-0.05, 0) is 58.9 Å². The number of carbonyl (C=O) groups is 1. The average molecular weight is 377 g/mol. The number of amides is 1. The van der Waals surface area contributed by atoms with E-state index >= 15 is 0 Å². The van der Waals surface area contributed by atoms with Crippen molar-refractivity contribution in [1.82, 2.24) is 5.32 Å². The molecule has 1 aliphatic carbocycles. The summed E-state index contributed by atoms with van der Waals surface area (Å²) in [6.07, 6.45) is 2.12. The first-order chi connectivity index (χ1) is 13.1. The molecule has 3 aromatic carbocycles. The Balaban J connectivity index is 1.45. The summed E-state index contributed by atoms with van der Waals surface area (Å²) in [7, 11) is 0. The molecule has 0 bridgehead atoms. The van der Waals surface area contributed by atoms with Gasteiger partial charge in [-0.3, -0.25) is 4.79 Å². The molecule has 136 valence electrons. The zero-order valence-corrected chi connectivity index (χ0v) is 15.7. The van der Waals surface area contributed by atoms with E-state index < -0.39 is 5.91 Å². The standard InChI is InChI=1S/C23H21ClN2O/c24-22-13-18(15-6-3-7-19(10-15)23(25)27)8-9-20(22)14-26-21-11-16-4-1-2-5-17(16)12-21/h1-10,13,21,26H,11-12,14H2,(H2,25,27). The van der Waals surface area contributed by atoms with Gasteiger partial charge in [-0.1, -0.05) is 60.1 Å². The maximum absolute atomic E-state index is 11.4. The summed E-state index contributed by atoms with van der Waals surface area (Å²) in [5.74, 6) is -0.429. The minimum absolute atomic E-state index is 0.429. The monoisotopic (exact) mass is 376 g/mol. The van der Waals surface area contributed by atoms with Gasteiger partial charge in [-0.15, -0.1) is 0 Å². The van der Waals surface area contributed by atoms with E-state index in [0.29, 0.717) is 11.6 Å². The molecular weight excluding hydrogens is 356 g/mol. The number of benzene rings is 3. The lowest BCUT2D eigenvalue weighted by molar-refractivity contribution is 0.100. The molecule has 0 unspecified atom stereocenters. The van der Waals surface area contributed by atoms with E-state index in [1.807, 2.05) is 30.3 Å². The predicted octanol–water partition coefficient (Wildman–Crippen LogP) is 4.36. The molecule has 0 saturated heterocycles. The van der Waals surface area contributed by atoms with Crippen LogP contribution in [0.5, 0.6) is 0 Å². The minimum atomic E-state index is -0.429. The van der Waals surface area contributed by atoms with Crippen molar-refractivity contribution in [1.29, 1.82) is 0 Å². The zero-order valence-electron chi connectivity index (χ0n) is 14.9. The summed E-state index contributed by atoms with van der Waals surface area (Å²) in [5, 5.41) is 4.35. The van der Waals surface area contributed by atoms with E-state index in [2.05, 4.69) is 29.6 Å². The number of rotatable bonds is 5. The molecule has 0 fully saturated rings. The van der Waals surface area contributed by atoms with Crippen LogP contribution in [0.25, 0.3) is 11.1 Å². The van der Waals surface area contributed by atoms with Crippen LogP contribution in [-0.4, -0.2) is 11.9 Å². The molecule has 0 atom stereocenters. The molecule has 4 heteroatoms. The van der Waals surface area contributed by atoms with Crippen LogP contribution in [0, 0.1) is 0 Å². The average Bonchev–Trinajstić information content (AvgIpc) is 3.10. The van der Waals surface area contributed by atoms with Gasteiger partial charge in [-0.2, -0.15) is 0 Å². The van der Waals surface area contributed by atoms with Crippen LogP contribution in [-0.2, 0) is 19.4 Å². The molecule has 3 aromatic rings. The second kappa shape index (κ2) is 7.55. The van der Waals surface area contributed by atoms with Crippen molar-refractivity contribution < 1.29 is 4.79 Å². The maximum atomic E-state index is 11.4. The lowest BCUT2D eigenvalue weighted by atomic mass is 10.0. The van der Waals surface area contributed by atoms with Gasteiger partial charge in [0.1, 0.15) is 0 Å². The summed E-state index contributed by atoms with van der Waals surface area (Å²) in [6, 6.07) is 22.4. The molecule has 0 saturated carbocycles. The summed E-state index contributed by atoms with van der Waals surface area (Å²) < 4.78 is 0. The molecule has 0 heterocycles. The van der Waals surface area contributed by atoms with Crippen LogP contribution in [0.15, 0.2) is 66.7 Å². The SMILES string of the molecule is NC(=O)c1cccc(-c2ccc(CNC3Cc4ccccc4C3)c(Cl)c2)c1. The summed E-state index contributed by atoms with van der Waals surface area (Å²) in [6.45, 7) is 0.735. The molecule has 1 aliphatic rings. The molecule has 3 N–H and O–H groups in total. The fourth-order valence-electron chi connectivity index (χ4n) is 3.68. The Morgan fingerprint density at radius 1 is 0.963 bits per heavy atom. The number of fused-ring (bicyclic) bond motifs is 1. The quantitative estimate of drug-likeness (QED) is 0.695. The van der Waals surface area contributed by atoms with Crippen LogP contribution in [0.2, 0.25) is 5.02 Å². The number of nitrogens with one attached hydrogen (secondary N) is 1. The second-order valence-electron chi connectivity index (χ2n) is 7.01. The number of halogens is 1. The maximum Gasteiger partial charge on any atom is 0.248 e. The van der Waals surface area contributed by atoms with Crippen LogP contribution in [0.4, 0.5) is 0 Å². The Labute approximate surface area is 164 Å². The molecule has 1 amide bonds. The molecule has 3 nitrogen and oxygen atoms in total. The lowest BCUT2D eigenvalue weighted by Gasteiger charge is -2.14. The molecule has 0 radical (unpaired) electrons. The molecular formula is C23H21ClN2O. The number of hydrogen-bond donors (Lipinski definition) is 2. The van der Waals surface area contributed by atoms with E-state index in [9.17, 15) is 4.79 Å². The summed E-state index contributed by atoms with van der Waals surface area (Å²) >= 11 is 6.52. The highest BCUT2D eigenvalue weighted by Crippen LogP contribution is 2.27. The van der Waals surface area contributed by atoms with Crippen molar-refractivity contribution in [3.63, 3.8) is 0 Å². The second-order valence-corrected chi connectivity index (χ2v) is 7.41. The number of nitrogens with two attached hydrogens (primary N) is 1. The van der Waals surface area contributed by atoms with E-state index in [4.69, 9.17) is 17.3 Å². The number of carbonyl (C=O) groups excluding carboxylic acids is 1. The Bertz CT molecular complexity index is 974. The van der Waals surface area contributed by atoms with Gasteiger partial charge in [-0.25, -0.2) is 0 Å². The van der Waals surface area contributed by atoms with Gasteiger partial charge in [0.05, 0.1) is 0 Å². The van der Waals surface area contributed by atoms with E-state index in [1.54, 1.807) is 12.1 Å². The van der Waals surface area contributed by atoms with Crippen LogP contribution < -0.4 is 11.1 Å². The third kappa shape index (κ3) is 3.90. The van der Waals surface area contributed by atoms with E-state index in [1.165, 1.54) is 11.1 Å². The van der Waals surface area contributed by atoms with Gasteiger partial charge in [0, 0.05) is 23.2 Å². The first-order valence-electron chi connectivity index (χ1n) is 9.09. The highest BCUT2D eigenvalue weighted by Gasteiger charge is 2.20. The minimum Gasteiger partial charge on any atom is -0.366 e. The van der Waals surface area contributed by atoms with Crippen molar-refractivity contribution in [3.05, 3.63) is 94.0 Å². The van der Waals surface area contributed by atoms with Gasteiger partial charge >= 0.3 is 0 Å². The lowest BCUT2D eigenvalue weighted by Crippen LogP contribution is -2.29. The van der Waals surface area contributed by atoms with Crippen LogP contribution in [0.1, 0.15) is 27.0 Å². The van der Waals surface area contributed by atoms with Crippen molar-refractivity contribution in [2.24, 2.45) is 5.73 Å².